The number of rotatable bonds is 3. The summed E-state index contributed by atoms with van der Waals surface area (Å²) >= 11 is 0. The van der Waals surface area contributed by atoms with E-state index in [1.54, 1.807) is 0 Å². The zero-order valence-electron chi connectivity index (χ0n) is 7.45. The van der Waals surface area contributed by atoms with Crippen LogP contribution in [-0.4, -0.2) is 18.6 Å². The molecule has 0 bridgehead atoms. The number of carbonyl (C=O) groups is 1. The second kappa shape index (κ2) is 4.85. The van der Waals surface area contributed by atoms with Gasteiger partial charge in [0.1, 0.15) is 6.61 Å². The first-order valence-electron chi connectivity index (χ1n) is 4.34. The van der Waals surface area contributed by atoms with Crippen molar-refractivity contribution >= 4 is 5.91 Å². The van der Waals surface area contributed by atoms with Gasteiger partial charge in [0.2, 0.25) is 5.91 Å². The van der Waals surface area contributed by atoms with Gasteiger partial charge < -0.3 is 5.73 Å². The Morgan fingerprint density at radius 1 is 1.69 bits per heavy atom. The summed E-state index contributed by atoms with van der Waals surface area (Å²) in [6.45, 7) is 0.102. The molecule has 1 aliphatic carbocycles. The summed E-state index contributed by atoms with van der Waals surface area (Å²) in [6, 6.07) is 0.156. The molecule has 1 fully saturated rings. The molecule has 0 aromatic heterocycles. The summed E-state index contributed by atoms with van der Waals surface area (Å²) in [6.07, 6.45) is 7.43. The second-order valence-electron chi connectivity index (χ2n) is 3.23. The van der Waals surface area contributed by atoms with E-state index in [4.69, 9.17) is 17.0 Å². The summed E-state index contributed by atoms with van der Waals surface area (Å²) in [7, 11) is 0. The Morgan fingerprint density at radius 3 is 3.00 bits per heavy atom. The van der Waals surface area contributed by atoms with Gasteiger partial charge in [-0.25, -0.2) is 5.48 Å². The molecule has 0 heterocycles. The molecule has 2 unspecified atom stereocenters. The molecular formula is C9H14N2O2. The monoisotopic (exact) mass is 182 g/mol. The second-order valence-corrected chi connectivity index (χ2v) is 3.23. The van der Waals surface area contributed by atoms with E-state index in [9.17, 15) is 4.79 Å². The number of nitrogens with two attached hydrogens (primary N) is 1. The van der Waals surface area contributed by atoms with Crippen LogP contribution in [0, 0.1) is 18.3 Å². The van der Waals surface area contributed by atoms with Gasteiger partial charge in [-0.05, 0) is 19.3 Å². The van der Waals surface area contributed by atoms with Crippen molar-refractivity contribution in [1.29, 1.82) is 0 Å². The van der Waals surface area contributed by atoms with Crippen LogP contribution in [0.2, 0.25) is 0 Å². The predicted octanol–water partition coefficient (Wildman–Crippen LogP) is -0.205. The predicted molar refractivity (Wildman–Crippen MR) is 48.2 cm³/mol. The molecule has 13 heavy (non-hydrogen) atoms. The van der Waals surface area contributed by atoms with E-state index in [0.29, 0.717) is 0 Å². The average Bonchev–Trinajstić information content (AvgIpc) is 2.52. The Bertz CT molecular complexity index is 222. The fourth-order valence-electron chi connectivity index (χ4n) is 1.49. The molecule has 3 N–H and O–H groups in total. The molecule has 0 radical (unpaired) electrons. The summed E-state index contributed by atoms with van der Waals surface area (Å²) in [4.78, 5) is 16.0. The minimum atomic E-state index is -0.108. The highest BCUT2D eigenvalue weighted by atomic mass is 16.6. The van der Waals surface area contributed by atoms with Crippen molar-refractivity contribution in [3.63, 3.8) is 0 Å². The van der Waals surface area contributed by atoms with Gasteiger partial charge in [-0.15, -0.1) is 6.42 Å². The van der Waals surface area contributed by atoms with Crippen molar-refractivity contribution in [3.8, 4) is 12.3 Å². The van der Waals surface area contributed by atoms with Gasteiger partial charge in [0.25, 0.3) is 0 Å². The first-order valence-corrected chi connectivity index (χ1v) is 4.34. The van der Waals surface area contributed by atoms with E-state index in [1.807, 2.05) is 0 Å². The number of amides is 1. The van der Waals surface area contributed by atoms with E-state index >= 15 is 0 Å². The van der Waals surface area contributed by atoms with Crippen molar-refractivity contribution in [2.24, 2.45) is 11.7 Å². The first kappa shape index (κ1) is 10.0. The number of carbonyl (C=O) groups excluding carboxylic acids is 1. The number of hydroxylamine groups is 1. The highest BCUT2D eigenvalue weighted by Gasteiger charge is 2.27. The van der Waals surface area contributed by atoms with Crippen LogP contribution in [0.4, 0.5) is 0 Å². The lowest BCUT2D eigenvalue weighted by molar-refractivity contribution is -0.136. The lowest BCUT2D eigenvalue weighted by Gasteiger charge is -2.08. The molecule has 4 nitrogen and oxygen atoms in total. The van der Waals surface area contributed by atoms with Crippen molar-refractivity contribution in [3.05, 3.63) is 0 Å². The van der Waals surface area contributed by atoms with E-state index in [0.717, 1.165) is 19.3 Å². The van der Waals surface area contributed by atoms with Crippen LogP contribution in [0.1, 0.15) is 19.3 Å². The standard InChI is InChI=1S/C9H14N2O2/c1-2-5-13-11-9(12)7-3-4-8(10)6-7/h1,7-8H,3-6,10H2,(H,11,12). The molecule has 4 heteroatoms. The third-order valence-corrected chi connectivity index (χ3v) is 2.17. The summed E-state index contributed by atoms with van der Waals surface area (Å²) < 4.78 is 0. The van der Waals surface area contributed by atoms with E-state index in [-0.39, 0.29) is 24.5 Å². The quantitative estimate of drug-likeness (QED) is 0.361. The molecule has 0 aliphatic heterocycles. The number of terminal acetylenes is 1. The molecule has 0 spiro atoms. The van der Waals surface area contributed by atoms with Gasteiger partial charge in [-0.2, -0.15) is 0 Å². The third-order valence-electron chi connectivity index (χ3n) is 2.17. The Labute approximate surface area is 77.8 Å². The van der Waals surface area contributed by atoms with Gasteiger partial charge in [0.05, 0.1) is 0 Å². The van der Waals surface area contributed by atoms with Gasteiger partial charge >= 0.3 is 0 Å². The van der Waals surface area contributed by atoms with Gasteiger partial charge in [0.15, 0.2) is 0 Å². The first-order chi connectivity index (χ1) is 6.24. The smallest absolute Gasteiger partial charge is 0.246 e. The lowest BCUT2D eigenvalue weighted by Crippen LogP contribution is -2.30. The molecule has 1 amide bonds. The highest BCUT2D eigenvalue weighted by Crippen LogP contribution is 2.23. The van der Waals surface area contributed by atoms with Crippen LogP contribution in [0.15, 0.2) is 0 Å². The zero-order chi connectivity index (χ0) is 9.68. The van der Waals surface area contributed by atoms with Crippen molar-refractivity contribution in [2.45, 2.75) is 25.3 Å². The summed E-state index contributed by atoms with van der Waals surface area (Å²) in [5.74, 6) is 2.15. The zero-order valence-corrected chi connectivity index (χ0v) is 7.45. The normalized spacial score (nSPS) is 26.8. The van der Waals surface area contributed by atoms with Gasteiger partial charge in [0, 0.05) is 12.0 Å². The summed E-state index contributed by atoms with van der Waals surface area (Å²) in [5, 5.41) is 0. The van der Waals surface area contributed by atoms with Crippen LogP contribution in [0.5, 0.6) is 0 Å². The molecule has 1 saturated carbocycles. The number of nitrogens with one attached hydrogen (secondary N) is 1. The minimum absolute atomic E-state index is 0.00669. The molecule has 0 aromatic rings. The SMILES string of the molecule is C#CCONC(=O)C1CCC(N)C1. The highest BCUT2D eigenvalue weighted by molar-refractivity contribution is 5.77. The molecule has 2 atom stereocenters. The number of hydrogen-bond acceptors (Lipinski definition) is 3. The van der Waals surface area contributed by atoms with Crippen molar-refractivity contribution < 1.29 is 9.63 Å². The molecule has 1 aliphatic rings. The van der Waals surface area contributed by atoms with E-state index < -0.39 is 0 Å². The maximum atomic E-state index is 11.3. The van der Waals surface area contributed by atoms with Crippen LogP contribution < -0.4 is 11.2 Å². The van der Waals surface area contributed by atoms with Crippen LogP contribution in [-0.2, 0) is 9.63 Å². The fourth-order valence-corrected chi connectivity index (χ4v) is 1.49. The molecule has 1 rings (SSSR count). The van der Waals surface area contributed by atoms with Crippen molar-refractivity contribution in [2.75, 3.05) is 6.61 Å². The van der Waals surface area contributed by atoms with Crippen molar-refractivity contribution in [1.82, 2.24) is 5.48 Å². The molecular weight excluding hydrogens is 168 g/mol. The maximum Gasteiger partial charge on any atom is 0.246 e. The van der Waals surface area contributed by atoms with Crippen LogP contribution in [0.25, 0.3) is 0 Å². The Kier molecular flexibility index (Phi) is 3.74. The van der Waals surface area contributed by atoms with E-state index in [1.165, 1.54) is 0 Å². The van der Waals surface area contributed by atoms with Gasteiger partial charge in [-0.1, -0.05) is 5.92 Å². The third kappa shape index (κ3) is 3.05. The average molecular weight is 182 g/mol. The number of hydrogen-bond donors (Lipinski definition) is 2. The van der Waals surface area contributed by atoms with E-state index in [2.05, 4.69) is 11.4 Å². The maximum absolute atomic E-state index is 11.3. The Morgan fingerprint density at radius 2 is 2.46 bits per heavy atom. The topological polar surface area (TPSA) is 64.3 Å². The fraction of sp³-hybridized carbons (Fsp3) is 0.667. The van der Waals surface area contributed by atoms with Gasteiger partial charge in [-0.3, -0.25) is 9.63 Å². The lowest BCUT2D eigenvalue weighted by atomic mass is 10.1. The van der Waals surface area contributed by atoms with Crippen LogP contribution >= 0.6 is 0 Å². The van der Waals surface area contributed by atoms with Crippen LogP contribution in [0.3, 0.4) is 0 Å². The molecule has 0 saturated heterocycles. The Balaban J connectivity index is 2.21. The largest absolute Gasteiger partial charge is 0.328 e. The molecule has 0 aromatic carbocycles. The molecule has 72 valence electrons. The Hall–Kier alpha value is -1.05. The minimum Gasteiger partial charge on any atom is -0.328 e. The summed E-state index contributed by atoms with van der Waals surface area (Å²) in [5.41, 5.74) is 7.97.